The summed E-state index contributed by atoms with van der Waals surface area (Å²) >= 11 is 0. The van der Waals surface area contributed by atoms with E-state index < -0.39 is 6.09 Å². The van der Waals surface area contributed by atoms with E-state index in [1.165, 1.54) is 0 Å². The standard InChI is InChI=1S/C23H30N2O4/c1-2-28-22(26)21-15-19(10-6-12-24)14-20(16-21)11-7-13-25-23(27)29-17-18-8-4-3-5-9-18/h3-5,8-9,14-16H,2,6-7,10-13,17,24H2,1H3,(H,25,27). The number of nitrogens with one attached hydrogen (secondary N) is 1. The second kappa shape index (κ2) is 12.6. The van der Waals surface area contributed by atoms with Gasteiger partial charge in [0.2, 0.25) is 0 Å². The van der Waals surface area contributed by atoms with Crippen LogP contribution >= 0.6 is 0 Å². The lowest BCUT2D eigenvalue weighted by Crippen LogP contribution is -2.25. The van der Waals surface area contributed by atoms with E-state index >= 15 is 0 Å². The van der Waals surface area contributed by atoms with Gasteiger partial charge in [0.05, 0.1) is 12.2 Å². The number of hydrogen-bond donors (Lipinski definition) is 2. The molecule has 0 radical (unpaired) electrons. The minimum Gasteiger partial charge on any atom is -0.462 e. The number of alkyl carbamates (subject to hydrolysis) is 1. The number of benzene rings is 2. The number of aryl methyl sites for hydroxylation is 2. The van der Waals surface area contributed by atoms with Gasteiger partial charge in [0.1, 0.15) is 6.61 Å². The molecule has 0 aliphatic carbocycles. The molecule has 0 spiro atoms. The molecule has 156 valence electrons. The van der Waals surface area contributed by atoms with Gasteiger partial charge < -0.3 is 20.5 Å². The van der Waals surface area contributed by atoms with Crippen LogP contribution < -0.4 is 11.1 Å². The first kappa shape index (κ1) is 22.4. The molecule has 0 saturated heterocycles. The molecule has 0 heterocycles. The van der Waals surface area contributed by atoms with Crippen molar-refractivity contribution in [1.29, 1.82) is 0 Å². The first-order valence-corrected chi connectivity index (χ1v) is 10.1. The quantitative estimate of drug-likeness (QED) is 0.446. The number of amides is 1. The van der Waals surface area contributed by atoms with Crippen molar-refractivity contribution in [3.8, 4) is 0 Å². The first-order valence-electron chi connectivity index (χ1n) is 10.1. The zero-order chi connectivity index (χ0) is 20.9. The van der Waals surface area contributed by atoms with Gasteiger partial charge in [-0.1, -0.05) is 36.4 Å². The number of nitrogens with two attached hydrogens (primary N) is 1. The third-order valence-electron chi connectivity index (χ3n) is 4.36. The Bertz CT molecular complexity index is 778. The molecule has 0 aliphatic heterocycles. The van der Waals surface area contributed by atoms with Gasteiger partial charge in [-0.25, -0.2) is 9.59 Å². The Morgan fingerprint density at radius 1 is 0.931 bits per heavy atom. The fraction of sp³-hybridized carbons (Fsp3) is 0.391. The van der Waals surface area contributed by atoms with Crippen LogP contribution in [0, 0.1) is 0 Å². The van der Waals surface area contributed by atoms with Crippen LogP contribution in [-0.2, 0) is 28.9 Å². The van der Waals surface area contributed by atoms with Crippen molar-refractivity contribution in [2.45, 2.75) is 39.2 Å². The first-order chi connectivity index (χ1) is 14.1. The lowest BCUT2D eigenvalue weighted by atomic mass is 9.99. The smallest absolute Gasteiger partial charge is 0.407 e. The van der Waals surface area contributed by atoms with Crippen molar-refractivity contribution in [3.05, 3.63) is 70.8 Å². The van der Waals surface area contributed by atoms with Gasteiger partial charge in [-0.2, -0.15) is 0 Å². The van der Waals surface area contributed by atoms with Crippen LogP contribution in [0.5, 0.6) is 0 Å². The van der Waals surface area contributed by atoms with E-state index in [1.54, 1.807) is 6.92 Å². The molecule has 3 N–H and O–H groups in total. The zero-order valence-electron chi connectivity index (χ0n) is 17.0. The molecule has 0 unspecified atom stereocenters. The molecule has 1 amide bonds. The molecule has 29 heavy (non-hydrogen) atoms. The van der Waals surface area contributed by atoms with Crippen LogP contribution in [0.15, 0.2) is 48.5 Å². The summed E-state index contributed by atoms with van der Waals surface area (Å²) in [6.07, 6.45) is 2.73. The molecule has 2 rings (SSSR count). The average Bonchev–Trinajstić information content (AvgIpc) is 2.74. The van der Waals surface area contributed by atoms with E-state index in [9.17, 15) is 9.59 Å². The summed E-state index contributed by atoms with van der Waals surface area (Å²) in [5.41, 5.74) is 9.23. The van der Waals surface area contributed by atoms with Crippen molar-refractivity contribution >= 4 is 12.1 Å². The predicted octanol–water partition coefficient (Wildman–Crippen LogP) is 3.61. The molecule has 2 aromatic rings. The number of hydrogen-bond acceptors (Lipinski definition) is 5. The molecule has 0 fully saturated rings. The largest absolute Gasteiger partial charge is 0.462 e. The Kier molecular flexibility index (Phi) is 9.72. The molecule has 0 atom stereocenters. The Hall–Kier alpha value is -2.86. The summed E-state index contributed by atoms with van der Waals surface area (Å²) in [6.45, 7) is 3.48. The topological polar surface area (TPSA) is 90.6 Å². The molecule has 6 nitrogen and oxygen atoms in total. The third kappa shape index (κ3) is 8.35. The normalized spacial score (nSPS) is 10.4. The van der Waals surface area contributed by atoms with Gasteiger partial charge in [-0.3, -0.25) is 0 Å². The molecule has 0 saturated carbocycles. The van der Waals surface area contributed by atoms with Gasteiger partial charge in [-0.15, -0.1) is 0 Å². The van der Waals surface area contributed by atoms with E-state index in [2.05, 4.69) is 11.4 Å². The highest BCUT2D eigenvalue weighted by Crippen LogP contribution is 2.15. The minimum absolute atomic E-state index is 0.249. The Balaban J connectivity index is 1.82. The Morgan fingerprint density at radius 2 is 1.62 bits per heavy atom. The van der Waals surface area contributed by atoms with Crippen molar-refractivity contribution in [2.24, 2.45) is 5.73 Å². The van der Waals surface area contributed by atoms with Gasteiger partial charge >= 0.3 is 12.1 Å². The van der Waals surface area contributed by atoms with Crippen LogP contribution in [0.1, 0.15) is 46.8 Å². The average molecular weight is 399 g/mol. The van der Waals surface area contributed by atoms with Gasteiger partial charge in [0.25, 0.3) is 0 Å². The van der Waals surface area contributed by atoms with E-state index in [1.807, 2.05) is 42.5 Å². The minimum atomic E-state index is -0.433. The highest BCUT2D eigenvalue weighted by molar-refractivity contribution is 5.89. The van der Waals surface area contributed by atoms with E-state index in [0.29, 0.717) is 25.3 Å². The van der Waals surface area contributed by atoms with E-state index in [4.69, 9.17) is 15.2 Å². The zero-order valence-corrected chi connectivity index (χ0v) is 17.0. The number of ether oxygens (including phenoxy) is 2. The molecule has 0 aromatic heterocycles. The van der Waals surface area contributed by atoms with Crippen molar-refractivity contribution in [2.75, 3.05) is 19.7 Å². The summed E-state index contributed by atoms with van der Waals surface area (Å²) in [7, 11) is 0. The highest BCUT2D eigenvalue weighted by Gasteiger charge is 2.10. The molecule has 0 bridgehead atoms. The lowest BCUT2D eigenvalue weighted by Gasteiger charge is -2.10. The maximum absolute atomic E-state index is 12.1. The summed E-state index contributed by atoms with van der Waals surface area (Å²) in [4.78, 5) is 23.9. The highest BCUT2D eigenvalue weighted by atomic mass is 16.5. The van der Waals surface area contributed by atoms with Gasteiger partial charge in [0.15, 0.2) is 0 Å². The SMILES string of the molecule is CCOC(=O)c1cc(CCCN)cc(CCCNC(=O)OCc2ccccc2)c1. The van der Waals surface area contributed by atoms with Crippen LogP contribution in [0.4, 0.5) is 4.79 Å². The monoisotopic (exact) mass is 398 g/mol. The number of rotatable bonds is 11. The predicted molar refractivity (Wildman–Crippen MR) is 113 cm³/mol. The Labute approximate surface area is 172 Å². The molecule has 0 aliphatic rings. The fourth-order valence-corrected chi connectivity index (χ4v) is 2.95. The number of esters is 1. The van der Waals surface area contributed by atoms with Crippen molar-refractivity contribution in [1.82, 2.24) is 5.32 Å². The molecular formula is C23H30N2O4. The summed E-state index contributed by atoms with van der Waals surface area (Å²) < 4.78 is 10.3. The number of carbonyl (C=O) groups is 2. The second-order valence-electron chi connectivity index (χ2n) is 6.74. The van der Waals surface area contributed by atoms with E-state index in [-0.39, 0.29) is 12.6 Å². The van der Waals surface area contributed by atoms with Crippen molar-refractivity contribution < 1.29 is 19.1 Å². The molecule has 6 heteroatoms. The second-order valence-corrected chi connectivity index (χ2v) is 6.74. The summed E-state index contributed by atoms with van der Waals surface area (Å²) in [6, 6.07) is 15.4. The van der Waals surface area contributed by atoms with Crippen LogP contribution in [-0.4, -0.2) is 31.8 Å². The fourth-order valence-electron chi connectivity index (χ4n) is 2.95. The number of carbonyl (C=O) groups excluding carboxylic acids is 2. The Morgan fingerprint density at radius 3 is 2.28 bits per heavy atom. The van der Waals surface area contributed by atoms with E-state index in [0.717, 1.165) is 42.4 Å². The van der Waals surface area contributed by atoms with Crippen molar-refractivity contribution in [3.63, 3.8) is 0 Å². The summed E-state index contributed by atoms with van der Waals surface area (Å²) in [5.74, 6) is -0.314. The van der Waals surface area contributed by atoms with Crippen LogP contribution in [0.2, 0.25) is 0 Å². The van der Waals surface area contributed by atoms with Gasteiger partial charge in [-0.05, 0) is 68.0 Å². The summed E-state index contributed by atoms with van der Waals surface area (Å²) in [5, 5.41) is 2.76. The third-order valence-corrected chi connectivity index (χ3v) is 4.36. The van der Waals surface area contributed by atoms with Crippen LogP contribution in [0.3, 0.4) is 0 Å². The maximum Gasteiger partial charge on any atom is 0.407 e. The molecular weight excluding hydrogens is 368 g/mol. The lowest BCUT2D eigenvalue weighted by molar-refractivity contribution is 0.0526. The molecule has 2 aromatic carbocycles. The maximum atomic E-state index is 12.1. The van der Waals surface area contributed by atoms with Gasteiger partial charge in [0, 0.05) is 6.54 Å². The van der Waals surface area contributed by atoms with Crippen LogP contribution in [0.25, 0.3) is 0 Å².